The van der Waals surface area contributed by atoms with E-state index < -0.39 is 11.5 Å². The van der Waals surface area contributed by atoms with Gasteiger partial charge in [-0.1, -0.05) is 12.1 Å². The van der Waals surface area contributed by atoms with Gasteiger partial charge in [0, 0.05) is 5.39 Å². The van der Waals surface area contributed by atoms with Crippen LogP contribution in [0.25, 0.3) is 11.0 Å². The van der Waals surface area contributed by atoms with Crippen LogP contribution in [0.3, 0.4) is 0 Å². The van der Waals surface area contributed by atoms with E-state index in [1.807, 2.05) is 13.2 Å². The lowest BCUT2D eigenvalue weighted by molar-refractivity contribution is 0.102. The van der Waals surface area contributed by atoms with E-state index in [-0.39, 0.29) is 11.4 Å². The van der Waals surface area contributed by atoms with E-state index in [9.17, 15) is 9.59 Å². The van der Waals surface area contributed by atoms with Gasteiger partial charge in [0.05, 0.1) is 6.61 Å². The summed E-state index contributed by atoms with van der Waals surface area (Å²) in [6.07, 6.45) is 1.87. The summed E-state index contributed by atoms with van der Waals surface area (Å²) in [6, 6.07) is 10.0. The number of carbonyl (C=O) groups excluding carboxylic acids is 1. The Bertz CT molecular complexity index is 970. The molecule has 25 heavy (non-hydrogen) atoms. The second-order valence-corrected chi connectivity index (χ2v) is 5.80. The fourth-order valence-corrected chi connectivity index (χ4v) is 2.55. The molecule has 0 spiro atoms. The Hall–Kier alpha value is -2.87. The molecule has 2 aromatic heterocycles. The molecule has 0 atom stereocenters. The Morgan fingerprint density at radius 2 is 2.12 bits per heavy atom. The highest BCUT2D eigenvalue weighted by atomic mass is 32.2. The molecule has 0 aliphatic rings. The highest BCUT2D eigenvalue weighted by Gasteiger charge is 2.16. The second-order valence-electron chi connectivity index (χ2n) is 4.97. The third-order valence-electron chi connectivity index (χ3n) is 3.36. The van der Waals surface area contributed by atoms with Gasteiger partial charge in [0.15, 0.2) is 17.2 Å². The zero-order chi connectivity index (χ0) is 17.8. The monoisotopic (exact) mass is 357 g/mol. The van der Waals surface area contributed by atoms with E-state index in [4.69, 9.17) is 9.15 Å². The zero-order valence-electron chi connectivity index (χ0n) is 13.6. The summed E-state index contributed by atoms with van der Waals surface area (Å²) < 4.78 is 10.7. The highest BCUT2D eigenvalue weighted by Crippen LogP contribution is 2.25. The number of amides is 1. The number of nitrogens with one attached hydrogen (secondary N) is 1. The van der Waals surface area contributed by atoms with E-state index in [1.54, 1.807) is 30.3 Å². The number of aromatic nitrogens is 2. The van der Waals surface area contributed by atoms with Crippen LogP contribution in [0.4, 0.5) is 5.82 Å². The first kappa shape index (κ1) is 17.0. The standard InChI is InChI=1S/C17H15N3O4S/c1-3-23-12-6-4-5-10-9-11(17(22)24-15(10)12)16(21)18-13-7-8-14(25-2)20-19-13/h4-9H,3H2,1-2H3,(H,18,19,21). The van der Waals surface area contributed by atoms with Crippen LogP contribution in [-0.4, -0.2) is 29.0 Å². The maximum absolute atomic E-state index is 12.4. The minimum atomic E-state index is -0.745. The van der Waals surface area contributed by atoms with E-state index >= 15 is 0 Å². The number of rotatable bonds is 5. The molecule has 0 radical (unpaired) electrons. The van der Waals surface area contributed by atoms with Crippen molar-refractivity contribution in [1.82, 2.24) is 10.2 Å². The number of hydrogen-bond donors (Lipinski definition) is 1. The Labute approximate surface area is 147 Å². The van der Waals surface area contributed by atoms with Crippen molar-refractivity contribution in [3.8, 4) is 5.75 Å². The Morgan fingerprint density at radius 3 is 2.80 bits per heavy atom. The van der Waals surface area contributed by atoms with Crippen LogP contribution < -0.4 is 15.7 Å². The lowest BCUT2D eigenvalue weighted by Crippen LogP contribution is -2.21. The van der Waals surface area contributed by atoms with Crippen LogP contribution in [0, 0.1) is 0 Å². The molecule has 8 heteroatoms. The van der Waals surface area contributed by atoms with Gasteiger partial charge < -0.3 is 14.5 Å². The first-order valence-corrected chi connectivity index (χ1v) is 8.73. The molecule has 0 fully saturated rings. The second kappa shape index (κ2) is 7.35. The molecule has 0 aliphatic heterocycles. The van der Waals surface area contributed by atoms with E-state index in [0.29, 0.717) is 23.3 Å². The van der Waals surface area contributed by atoms with Crippen LogP contribution in [0.15, 0.2) is 50.6 Å². The largest absolute Gasteiger partial charge is 0.490 e. The number of anilines is 1. The number of carbonyl (C=O) groups is 1. The average Bonchev–Trinajstić information content (AvgIpc) is 2.62. The Balaban J connectivity index is 1.93. The lowest BCUT2D eigenvalue weighted by Gasteiger charge is -2.07. The SMILES string of the molecule is CCOc1cccc2cc(C(=O)Nc3ccc(SC)nn3)c(=O)oc12. The summed E-state index contributed by atoms with van der Waals surface area (Å²) in [7, 11) is 0. The molecular weight excluding hydrogens is 342 g/mol. The van der Waals surface area contributed by atoms with Crippen LogP contribution in [-0.2, 0) is 0 Å². The predicted octanol–water partition coefficient (Wildman–Crippen LogP) is 2.96. The zero-order valence-corrected chi connectivity index (χ0v) is 14.4. The molecule has 0 aliphatic carbocycles. The van der Waals surface area contributed by atoms with Crippen molar-refractivity contribution in [3.63, 3.8) is 0 Å². The summed E-state index contributed by atoms with van der Waals surface area (Å²) >= 11 is 1.44. The van der Waals surface area contributed by atoms with E-state index in [1.165, 1.54) is 17.8 Å². The number of para-hydroxylation sites is 1. The molecule has 3 aromatic rings. The Morgan fingerprint density at radius 1 is 1.28 bits per heavy atom. The summed E-state index contributed by atoms with van der Waals surface area (Å²) in [4.78, 5) is 24.6. The number of nitrogens with zero attached hydrogens (tertiary/aromatic N) is 2. The van der Waals surface area contributed by atoms with Gasteiger partial charge in [-0.05, 0) is 37.4 Å². The predicted molar refractivity (Wildman–Crippen MR) is 95.4 cm³/mol. The third kappa shape index (κ3) is 3.63. The quantitative estimate of drug-likeness (QED) is 0.554. The van der Waals surface area contributed by atoms with Gasteiger partial charge >= 0.3 is 5.63 Å². The number of thioether (sulfide) groups is 1. The smallest absolute Gasteiger partial charge is 0.349 e. The molecule has 2 heterocycles. The fraction of sp³-hybridized carbons (Fsp3) is 0.176. The van der Waals surface area contributed by atoms with Crippen LogP contribution in [0.2, 0.25) is 0 Å². The van der Waals surface area contributed by atoms with Crippen LogP contribution in [0.1, 0.15) is 17.3 Å². The van der Waals surface area contributed by atoms with Crippen molar-refractivity contribution >= 4 is 34.5 Å². The van der Waals surface area contributed by atoms with E-state index in [0.717, 1.165) is 5.03 Å². The topological polar surface area (TPSA) is 94.3 Å². The number of benzene rings is 1. The van der Waals surface area contributed by atoms with Crippen molar-refractivity contribution in [3.05, 3.63) is 52.4 Å². The summed E-state index contributed by atoms with van der Waals surface area (Å²) in [6.45, 7) is 2.28. The van der Waals surface area contributed by atoms with E-state index in [2.05, 4.69) is 15.5 Å². The van der Waals surface area contributed by atoms with Crippen molar-refractivity contribution in [2.24, 2.45) is 0 Å². The summed E-state index contributed by atoms with van der Waals surface area (Å²) in [5, 5.41) is 11.7. The van der Waals surface area contributed by atoms with Gasteiger partial charge in [0.25, 0.3) is 5.91 Å². The van der Waals surface area contributed by atoms with Gasteiger partial charge in [-0.2, -0.15) is 0 Å². The van der Waals surface area contributed by atoms with Crippen LogP contribution in [0.5, 0.6) is 5.75 Å². The van der Waals surface area contributed by atoms with Gasteiger partial charge in [-0.25, -0.2) is 4.79 Å². The van der Waals surface area contributed by atoms with Gasteiger partial charge in [-0.15, -0.1) is 22.0 Å². The van der Waals surface area contributed by atoms with Gasteiger partial charge in [0.2, 0.25) is 0 Å². The molecule has 0 bridgehead atoms. The molecule has 1 aromatic carbocycles. The normalized spacial score (nSPS) is 10.6. The highest BCUT2D eigenvalue weighted by molar-refractivity contribution is 7.98. The molecule has 3 rings (SSSR count). The average molecular weight is 357 g/mol. The number of ether oxygens (including phenoxy) is 1. The minimum Gasteiger partial charge on any atom is -0.490 e. The maximum atomic E-state index is 12.4. The van der Waals surface area contributed by atoms with Crippen molar-refractivity contribution < 1.29 is 13.9 Å². The first-order valence-electron chi connectivity index (χ1n) is 7.51. The number of fused-ring (bicyclic) bond motifs is 1. The maximum Gasteiger partial charge on any atom is 0.349 e. The summed E-state index contributed by atoms with van der Waals surface area (Å²) in [5.41, 5.74) is -0.544. The minimum absolute atomic E-state index is 0.114. The Kier molecular flexibility index (Phi) is 4.99. The third-order valence-corrected chi connectivity index (χ3v) is 4.00. The van der Waals surface area contributed by atoms with Crippen molar-refractivity contribution in [2.45, 2.75) is 11.9 Å². The van der Waals surface area contributed by atoms with Crippen molar-refractivity contribution in [2.75, 3.05) is 18.2 Å². The van der Waals surface area contributed by atoms with Crippen LogP contribution >= 0.6 is 11.8 Å². The molecule has 0 saturated carbocycles. The molecular formula is C17H15N3O4S. The van der Waals surface area contributed by atoms with Gasteiger partial charge in [-0.3, -0.25) is 4.79 Å². The molecule has 1 amide bonds. The molecule has 1 N–H and O–H groups in total. The number of hydrogen-bond acceptors (Lipinski definition) is 7. The lowest BCUT2D eigenvalue weighted by atomic mass is 10.1. The molecule has 0 saturated heterocycles. The summed E-state index contributed by atoms with van der Waals surface area (Å²) in [5.74, 6) is 0.108. The first-order chi connectivity index (χ1) is 12.1. The van der Waals surface area contributed by atoms with Crippen molar-refractivity contribution in [1.29, 1.82) is 0 Å². The van der Waals surface area contributed by atoms with Gasteiger partial charge in [0.1, 0.15) is 10.6 Å². The molecule has 0 unspecified atom stereocenters. The molecule has 7 nitrogen and oxygen atoms in total. The molecule has 128 valence electrons. The fourth-order valence-electron chi connectivity index (χ4n) is 2.22.